The molecule has 1 fully saturated rings. The van der Waals surface area contributed by atoms with Gasteiger partial charge in [0.2, 0.25) is 0 Å². The Morgan fingerprint density at radius 2 is 1.79 bits per heavy atom. The summed E-state index contributed by atoms with van der Waals surface area (Å²) in [6, 6.07) is 17.1. The van der Waals surface area contributed by atoms with Crippen LogP contribution in [0.5, 0.6) is 0 Å². The Morgan fingerprint density at radius 1 is 0.966 bits per heavy atom. The molecule has 0 amide bonds. The first kappa shape index (κ1) is 18.5. The number of nitrogens with zero attached hydrogens (tertiary/aromatic N) is 2. The number of H-pyrrole nitrogens is 1. The van der Waals surface area contributed by atoms with Gasteiger partial charge in [0, 0.05) is 23.5 Å². The number of rotatable bonds is 5. The van der Waals surface area contributed by atoms with Gasteiger partial charge in [-0.25, -0.2) is 9.97 Å². The maximum absolute atomic E-state index is 5.71. The first-order chi connectivity index (χ1) is 14.3. The predicted octanol–water partition coefficient (Wildman–Crippen LogP) is 5.90. The SMILES string of the molecule is NCCc1nc2ccc(-c3nc(C4CCCCC4)[nH]c3-c3ccccc3)cc2s1. The van der Waals surface area contributed by atoms with Crippen LogP contribution in [0.15, 0.2) is 48.5 Å². The van der Waals surface area contributed by atoms with Gasteiger partial charge >= 0.3 is 0 Å². The molecule has 5 rings (SSSR count). The van der Waals surface area contributed by atoms with Crippen molar-refractivity contribution < 1.29 is 0 Å². The predicted molar refractivity (Wildman–Crippen MR) is 121 cm³/mol. The first-order valence-corrected chi connectivity index (χ1v) is 11.4. The molecule has 0 radical (unpaired) electrons. The second-order valence-electron chi connectivity index (χ2n) is 7.88. The average molecular weight is 403 g/mol. The minimum Gasteiger partial charge on any atom is -0.341 e. The van der Waals surface area contributed by atoms with E-state index in [-0.39, 0.29) is 0 Å². The molecule has 1 saturated carbocycles. The Balaban J connectivity index is 1.60. The van der Waals surface area contributed by atoms with E-state index in [4.69, 9.17) is 15.7 Å². The summed E-state index contributed by atoms with van der Waals surface area (Å²) in [5, 5.41) is 1.10. The highest BCUT2D eigenvalue weighted by molar-refractivity contribution is 7.18. The van der Waals surface area contributed by atoms with Gasteiger partial charge in [0.25, 0.3) is 0 Å². The van der Waals surface area contributed by atoms with Gasteiger partial charge in [0.05, 0.1) is 26.6 Å². The normalized spacial score (nSPS) is 15.2. The summed E-state index contributed by atoms with van der Waals surface area (Å²) in [5.41, 5.74) is 11.3. The van der Waals surface area contributed by atoms with E-state index in [0.717, 1.165) is 39.7 Å². The highest BCUT2D eigenvalue weighted by Crippen LogP contribution is 2.37. The van der Waals surface area contributed by atoms with Crippen LogP contribution in [0.2, 0.25) is 0 Å². The van der Waals surface area contributed by atoms with Crippen LogP contribution in [-0.2, 0) is 6.42 Å². The Bertz CT molecular complexity index is 1110. The van der Waals surface area contributed by atoms with Crippen molar-refractivity contribution in [2.75, 3.05) is 6.54 Å². The van der Waals surface area contributed by atoms with E-state index in [1.165, 1.54) is 42.4 Å². The van der Waals surface area contributed by atoms with Crippen molar-refractivity contribution in [2.45, 2.75) is 44.4 Å². The monoisotopic (exact) mass is 402 g/mol. The van der Waals surface area contributed by atoms with Crippen molar-refractivity contribution in [3.05, 3.63) is 59.4 Å². The molecule has 2 aromatic carbocycles. The molecule has 0 unspecified atom stereocenters. The van der Waals surface area contributed by atoms with Crippen molar-refractivity contribution in [2.24, 2.45) is 5.73 Å². The maximum Gasteiger partial charge on any atom is 0.110 e. The molecule has 0 aliphatic heterocycles. The molecule has 1 aliphatic rings. The molecule has 0 bridgehead atoms. The molecular formula is C24H26N4S. The lowest BCUT2D eigenvalue weighted by Gasteiger charge is -2.19. The lowest BCUT2D eigenvalue weighted by molar-refractivity contribution is 0.431. The van der Waals surface area contributed by atoms with E-state index < -0.39 is 0 Å². The van der Waals surface area contributed by atoms with Gasteiger partial charge in [-0.1, -0.05) is 55.7 Å². The van der Waals surface area contributed by atoms with Gasteiger partial charge in [-0.05, 0) is 31.5 Å². The first-order valence-electron chi connectivity index (χ1n) is 10.6. The van der Waals surface area contributed by atoms with Crippen molar-refractivity contribution in [1.29, 1.82) is 0 Å². The zero-order valence-corrected chi connectivity index (χ0v) is 17.3. The number of fused-ring (bicyclic) bond motifs is 1. The standard InChI is InChI=1S/C24H26N4S/c25-14-13-21-26-19-12-11-18(15-20(19)29-21)23-22(16-7-3-1-4-8-16)27-24(28-23)17-9-5-2-6-10-17/h1,3-4,7-8,11-12,15,17H,2,5-6,9-10,13-14,25H2,(H,27,28). The van der Waals surface area contributed by atoms with Gasteiger partial charge < -0.3 is 10.7 Å². The number of imidazole rings is 1. The van der Waals surface area contributed by atoms with Crippen LogP contribution in [-0.4, -0.2) is 21.5 Å². The van der Waals surface area contributed by atoms with Crippen molar-refractivity contribution in [3.8, 4) is 22.5 Å². The molecule has 0 saturated heterocycles. The van der Waals surface area contributed by atoms with E-state index in [2.05, 4.69) is 53.5 Å². The minimum atomic E-state index is 0.545. The Labute approximate surface area is 175 Å². The van der Waals surface area contributed by atoms with Gasteiger partial charge in [0.1, 0.15) is 5.82 Å². The van der Waals surface area contributed by atoms with Crippen LogP contribution >= 0.6 is 11.3 Å². The summed E-state index contributed by atoms with van der Waals surface area (Å²) >= 11 is 1.74. The second kappa shape index (κ2) is 8.09. The fraction of sp³-hybridized carbons (Fsp3) is 0.333. The second-order valence-corrected chi connectivity index (χ2v) is 8.99. The number of aromatic amines is 1. The number of benzene rings is 2. The third kappa shape index (κ3) is 3.72. The molecule has 2 aromatic heterocycles. The third-order valence-electron chi connectivity index (χ3n) is 5.84. The quantitative estimate of drug-likeness (QED) is 0.436. The number of thiazole rings is 1. The molecule has 0 spiro atoms. The third-order valence-corrected chi connectivity index (χ3v) is 6.92. The Hall–Kier alpha value is -2.50. The van der Waals surface area contributed by atoms with Crippen LogP contribution in [0, 0.1) is 0 Å². The number of hydrogen-bond donors (Lipinski definition) is 2. The van der Waals surface area contributed by atoms with Crippen LogP contribution in [0.1, 0.15) is 48.9 Å². The molecule has 2 heterocycles. The average Bonchev–Trinajstić information content (AvgIpc) is 3.39. The van der Waals surface area contributed by atoms with E-state index in [1.807, 2.05) is 0 Å². The maximum atomic E-state index is 5.71. The van der Waals surface area contributed by atoms with Gasteiger partial charge in [0.15, 0.2) is 0 Å². The summed E-state index contributed by atoms with van der Waals surface area (Å²) in [6.45, 7) is 0.634. The summed E-state index contributed by atoms with van der Waals surface area (Å²) in [5.74, 6) is 1.69. The number of nitrogens with one attached hydrogen (secondary N) is 1. The summed E-state index contributed by atoms with van der Waals surface area (Å²) in [4.78, 5) is 13.5. The van der Waals surface area contributed by atoms with Gasteiger partial charge in [-0.2, -0.15) is 0 Å². The molecule has 4 aromatic rings. The molecule has 0 atom stereocenters. The van der Waals surface area contributed by atoms with Crippen molar-refractivity contribution >= 4 is 21.6 Å². The summed E-state index contributed by atoms with van der Waals surface area (Å²) < 4.78 is 1.20. The lowest BCUT2D eigenvalue weighted by atomic mass is 9.89. The largest absolute Gasteiger partial charge is 0.341 e. The van der Waals surface area contributed by atoms with E-state index in [9.17, 15) is 0 Å². The van der Waals surface area contributed by atoms with Crippen LogP contribution in [0.3, 0.4) is 0 Å². The van der Waals surface area contributed by atoms with Crippen LogP contribution < -0.4 is 5.73 Å². The fourth-order valence-corrected chi connectivity index (χ4v) is 5.36. The molecule has 4 nitrogen and oxygen atoms in total. The summed E-state index contributed by atoms with van der Waals surface area (Å²) in [7, 11) is 0. The molecule has 5 heteroatoms. The number of nitrogens with two attached hydrogens (primary N) is 1. The van der Waals surface area contributed by atoms with Crippen LogP contribution in [0.25, 0.3) is 32.7 Å². The Kier molecular flexibility index (Phi) is 5.17. The number of aromatic nitrogens is 3. The topological polar surface area (TPSA) is 67.6 Å². The summed E-state index contributed by atoms with van der Waals surface area (Å²) in [6.07, 6.45) is 7.26. The van der Waals surface area contributed by atoms with E-state index in [1.54, 1.807) is 11.3 Å². The Morgan fingerprint density at radius 3 is 2.59 bits per heavy atom. The van der Waals surface area contributed by atoms with E-state index >= 15 is 0 Å². The highest BCUT2D eigenvalue weighted by atomic mass is 32.1. The van der Waals surface area contributed by atoms with Crippen LogP contribution in [0.4, 0.5) is 0 Å². The van der Waals surface area contributed by atoms with E-state index in [0.29, 0.717) is 12.5 Å². The number of hydrogen-bond acceptors (Lipinski definition) is 4. The molecule has 148 valence electrons. The molecule has 1 aliphatic carbocycles. The fourth-order valence-electron chi connectivity index (χ4n) is 4.33. The molecular weight excluding hydrogens is 376 g/mol. The minimum absolute atomic E-state index is 0.545. The molecule has 3 N–H and O–H groups in total. The molecule has 29 heavy (non-hydrogen) atoms. The zero-order valence-electron chi connectivity index (χ0n) is 16.5. The highest BCUT2D eigenvalue weighted by Gasteiger charge is 2.22. The van der Waals surface area contributed by atoms with Gasteiger partial charge in [-0.3, -0.25) is 0 Å². The van der Waals surface area contributed by atoms with Crippen molar-refractivity contribution in [1.82, 2.24) is 15.0 Å². The zero-order chi connectivity index (χ0) is 19.6. The van der Waals surface area contributed by atoms with Gasteiger partial charge in [-0.15, -0.1) is 11.3 Å². The lowest BCUT2D eigenvalue weighted by Crippen LogP contribution is -2.06. The van der Waals surface area contributed by atoms with Crippen molar-refractivity contribution in [3.63, 3.8) is 0 Å². The smallest absolute Gasteiger partial charge is 0.110 e.